The molecule has 21 heavy (non-hydrogen) atoms. The van der Waals surface area contributed by atoms with E-state index in [0.717, 1.165) is 22.9 Å². The summed E-state index contributed by atoms with van der Waals surface area (Å²) < 4.78 is 10.3. The number of nitrogens with one attached hydrogen (secondary N) is 1. The van der Waals surface area contributed by atoms with Crippen LogP contribution in [0, 0.1) is 0 Å². The second-order valence-electron chi connectivity index (χ2n) is 4.21. The molecule has 0 unspecified atom stereocenters. The minimum absolute atomic E-state index is 0.182. The Labute approximate surface area is 129 Å². The van der Waals surface area contributed by atoms with E-state index in [1.54, 1.807) is 19.2 Å². The molecule has 0 saturated carbocycles. The third kappa shape index (κ3) is 3.76. The van der Waals surface area contributed by atoms with Crippen molar-refractivity contribution in [3.8, 4) is 11.5 Å². The Hall–Kier alpha value is -2.47. The predicted molar refractivity (Wildman–Crippen MR) is 88.0 cm³/mol. The number of rotatable bonds is 5. The number of hydrogen-bond acceptors (Lipinski definition) is 4. The zero-order chi connectivity index (χ0) is 15.2. The number of hydrogen-bond donors (Lipinski definition) is 2. The molecule has 6 heteroatoms. The number of ether oxygens (including phenoxy) is 2. The van der Waals surface area contributed by atoms with Crippen LogP contribution in [-0.4, -0.2) is 19.3 Å². The second-order valence-corrected chi connectivity index (χ2v) is 4.65. The van der Waals surface area contributed by atoms with Crippen molar-refractivity contribution in [2.24, 2.45) is 5.73 Å². The van der Waals surface area contributed by atoms with Crippen molar-refractivity contribution in [2.45, 2.75) is 0 Å². The largest absolute Gasteiger partial charge is 0.497 e. The first-order valence-corrected chi connectivity index (χ1v) is 6.69. The van der Waals surface area contributed by atoms with Crippen LogP contribution in [0.3, 0.4) is 0 Å². The van der Waals surface area contributed by atoms with E-state index in [2.05, 4.69) is 5.43 Å². The SMILES string of the molecule is COc1ccc(N(NC(N)=S)c2ccc(OC)cc2)cc1. The third-order valence-electron chi connectivity index (χ3n) is 2.88. The molecule has 0 aromatic heterocycles. The number of methoxy groups -OCH3 is 2. The smallest absolute Gasteiger partial charge is 0.183 e. The molecule has 0 aliphatic heterocycles. The topological polar surface area (TPSA) is 59.8 Å². The number of nitrogens with zero attached hydrogens (tertiary/aromatic N) is 1. The summed E-state index contributed by atoms with van der Waals surface area (Å²) >= 11 is 4.94. The molecule has 0 radical (unpaired) electrons. The lowest BCUT2D eigenvalue weighted by atomic mass is 10.2. The highest BCUT2D eigenvalue weighted by atomic mass is 32.1. The fourth-order valence-corrected chi connectivity index (χ4v) is 1.94. The van der Waals surface area contributed by atoms with E-state index in [1.807, 2.05) is 48.5 Å². The van der Waals surface area contributed by atoms with Crippen LogP contribution in [0.15, 0.2) is 48.5 Å². The van der Waals surface area contributed by atoms with E-state index >= 15 is 0 Å². The number of anilines is 2. The highest BCUT2D eigenvalue weighted by molar-refractivity contribution is 7.80. The molecule has 2 aromatic carbocycles. The fourth-order valence-electron chi connectivity index (χ4n) is 1.85. The number of hydrazine groups is 1. The van der Waals surface area contributed by atoms with Gasteiger partial charge in [0.15, 0.2) is 5.11 Å². The van der Waals surface area contributed by atoms with Crippen molar-refractivity contribution in [3.63, 3.8) is 0 Å². The maximum absolute atomic E-state index is 5.61. The van der Waals surface area contributed by atoms with Gasteiger partial charge in [0.2, 0.25) is 0 Å². The first-order chi connectivity index (χ1) is 10.1. The van der Waals surface area contributed by atoms with Gasteiger partial charge in [0.1, 0.15) is 11.5 Å². The quantitative estimate of drug-likeness (QED) is 0.654. The Morgan fingerprint density at radius 1 is 0.905 bits per heavy atom. The molecular weight excluding hydrogens is 286 g/mol. The van der Waals surface area contributed by atoms with E-state index in [0.29, 0.717) is 0 Å². The molecule has 0 atom stereocenters. The van der Waals surface area contributed by atoms with Gasteiger partial charge in [-0.1, -0.05) is 0 Å². The van der Waals surface area contributed by atoms with E-state index in [-0.39, 0.29) is 5.11 Å². The lowest BCUT2D eigenvalue weighted by Gasteiger charge is -2.25. The van der Waals surface area contributed by atoms with E-state index in [1.165, 1.54) is 0 Å². The Morgan fingerprint density at radius 3 is 1.57 bits per heavy atom. The van der Waals surface area contributed by atoms with Gasteiger partial charge in [-0.15, -0.1) is 0 Å². The molecular formula is C15H17N3O2S. The van der Waals surface area contributed by atoms with Crippen LogP contribution in [0.25, 0.3) is 0 Å². The predicted octanol–water partition coefficient (Wildman–Crippen LogP) is 2.59. The fraction of sp³-hybridized carbons (Fsp3) is 0.133. The summed E-state index contributed by atoms with van der Waals surface area (Å²) in [5.41, 5.74) is 10.3. The summed E-state index contributed by atoms with van der Waals surface area (Å²) in [6, 6.07) is 15.1. The van der Waals surface area contributed by atoms with Crippen LogP contribution >= 0.6 is 12.2 Å². The maximum atomic E-state index is 5.61. The molecule has 0 heterocycles. The number of nitrogens with two attached hydrogens (primary N) is 1. The molecule has 2 aromatic rings. The van der Waals surface area contributed by atoms with Crippen LogP contribution in [0.2, 0.25) is 0 Å². The zero-order valence-electron chi connectivity index (χ0n) is 11.9. The van der Waals surface area contributed by atoms with Crippen LogP contribution in [-0.2, 0) is 0 Å². The standard InChI is InChI=1S/C15H17N3O2S/c1-19-13-7-3-11(4-8-13)18(17-15(16)21)12-5-9-14(20-2)10-6-12/h3-10H,1-2H3,(H3,16,17,21). The second kappa shape index (κ2) is 6.81. The lowest BCUT2D eigenvalue weighted by Crippen LogP contribution is -2.42. The molecule has 3 N–H and O–H groups in total. The van der Waals surface area contributed by atoms with Crippen molar-refractivity contribution in [2.75, 3.05) is 19.2 Å². The Kier molecular flexibility index (Phi) is 4.84. The van der Waals surface area contributed by atoms with E-state index in [4.69, 9.17) is 27.4 Å². The van der Waals surface area contributed by atoms with Gasteiger partial charge in [-0.3, -0.25) is 10.4 Å². The van der Waals surface area contributed by atoms with Crippen LogP contribution in [0.4, 0.5) is 11.4 Å². The average Bonchev–Trinajstić information content (AvgIpc) is 2.53. The average molecular weight is 303 g/mol. The first kappa shape index (κ1) is 14.9. The summed E-state index contributed by atoms with van der Waals surface area (Å²) in [6.45, 7) is 0. The molecule has 0 spiro atoms. The summed E-state index contributed by atoms with van der Waals surface area (Å²) in [4.78, 5) is 0. The number of thiocarbonyl (C=S) groups is 1. The highest BCUT2D eigenvalue weighted by Crippen LogP contribution is 2.26. The maximum Gasteiger partial charge on any atom is 0.183 e. The van der Waals surface area contributed by atoms with E-state index < -0.39 is 0 Å². The molecule has 110 valence electrons. The normalized spacial score (nSPS) is 9.81. The first-order valence-electron chi connectivity index (χ1n) is 6.28. The monoisotopic (exact) mass is 303 g/mol. The van der Waals surface area contributed by atoms with Gasteiger partial charge in [-0.05, 0) is 60.7 Å². The van der Waals surface area contributed by atoms with Crippen molar-refractivity contribution in [3.05, 3.63) is 48.5 Å². The van der Waals surface area contributed by atoms with Gasteiger partial charge in [-0.2, -0.15) is 0 Å². The van der Waals surface area contributed by atoms with Crippen molar-refractivity contribution in [1.29, 1.82) is 0 Å². The van der Waals surface area contributed by atoms with Crippen LogP contribution < -0.4 is 25.6 Å². The van der Waals surface area contributed by atoms with Gasteiger partial charge < -0.3 is 15.2 Å². The lowest BCUT2D eigenvalue weighted by molar-refractivity contribution is 0.415. The van der Waals surface area contributed by atoms with Gasteiger partial charge in [0.05, 0.1) is 25.6 Å². The molecule has 5 nitrogen and oxygen atoms in total. The Bertz CT molecular complexity index is 552. The van der Waals surface area contributed by atoms with Gasteiger partial charge in [0.25, 0.3) is 0 Å². The molecule has 0 saturated heterocycles. The number of benzene rings is 2. The Balaban J connectivity index is 2.33. The van der Waals surface area contributed by atoms with Crippen LogP contribution in [0.5, 0.6) is 11.5 Å². The summed E-state index contributed by atoms with van der Waals surface area (Å²) in [5, 5.41) is 1.97. The van der Waals surface area contributed by atoms with Crippen molar-refractivity contribution in [1.82, 2.24) is 5.43 Å². The van der Waals surface area contributed by atoms with Gasteiger partial charge >= 0.3 is 0 Å². The minimum Gasteiger partial charge on any atom is -0.497 e. The van der Waals surface area contributed by atoms with Crippen molar-refractivity contribution >= 4 is 28.7 Å². The van der Waals surface area contributed by atoms with Gasteiger partial charge in [0, 0.05) is 0 Å². The molecule has 0 bridgehead atoms. The summed E-state index contributed by atoms with van der Waals surface area (Å²) in [5.74, 6) is 1.56. The van der Waals surface area contributed by atoms with Crippen molar-refractivity contribution < 1.29 is 9.47 Å². The Morgan fingerprint density at radius 2 is 1.29 bits per heavy atom. The minimum atomic E-state index is 0.182. The highest BCUT2D eigenvalue weighted by Gasteiger charge is 2.10. The van der Waals surface area contributed by atoms with Crippen LogP contribution in [0.1, 0.15) is 0 Å². The molecule has 0 amide bonds. The van der Waals surface area contributed by atoms with Gasteiger partial charge in [-0.25, -0.2) is 0 Å². The molecule has 0 aliphatic rings. The van der Waals surface area contributed by atoms with E-state index in [9.17, 15) is 0 Å². The molecule has 0 aliphatic carbocycles. The third-order valence-corrected chi connectivity index (χ3v) is 2.97. The molecule has 0 fully saturated rings. The summed E-state index contributed by atoms with van der Waals surface area (Å²) in [7, 11) is 3.26. The molecule has 2 rings (SSSR count). The summed E-state index contributed by atoms with van der Waals surface area (Å²) in [6.07, 6.45) is 0. The zero-order valence-corrected chi connectivity index (χ0v) is 12.7.